The summed E-state index contributed by atoms with van der Waals surface area (Å²) in [6, 6.07) is 5.62. The van der Waals surface area contributed by atoms with Crippen LogP contribution >= 0.6 is 0 Å². The lowest BCUT2D eigenvalue weighted by atomic mass is 10.4. The summed E-state index contributed by atoms with van der Waals surface area (Å²) in [5, 5.41) is 12.1. The molecule has 0 bridgehead atoms. The average molecular weight is 259 g/mol. The van der Waals surface area contributed by atoms with Crippen LogP contribution in [0.25, 0.3) is 0 Å². The Morgan fingerprint density at radius 1 is 1.37 bits per heavy atom. The maximum Gasteiger partial charge on any atom is 0.136 e. The molecule has 0 radical (unpaired) electrons. The first-order chi connectivity index (χ1) is 9.19. The van der Waals surface area contributed by atoms with Crippen LogP contribution in [0.4, 0.5) is 17.3 Å². The number of anilines is 3. The van der Waals surface area contributed by atoms with Crippen LogP contribution in [0.3, 0.4) is 0 Å². The first-order valence-corrected chi connectivity index (χ1v) is 6.04. The van der Waals surface area contributed by atoms with Gasteiger partial charge in [0.2, 0.25) is 0 Å². The van der Waals surface area contributed by atoms with Crippen LogP contribution < -0.4 is 10.2 Å². The number of nitrogens with one attached hydrogen (secondary N) is 1. The average Bonchev–Trinajstić information content (AvgIpc) is 2.39. The number of aromatic nitrogens is 3. The number of hydrogen-bond acceptors (Lipinski definition) is 6. The molecule has 0 amide bonds. The van der Waals surface area contributed by atoms with Gasteiger partial charge in [0, 0.05) is 25.9 Å². The Labute approximate surface area is 112 Å². The van der Waals surface area contributed by atoms with Gasteiger partial charge < -0.3 is 15.3 Å². The molecule has 0 aliphatic carbocycles. The standard InChI is InChI=1S/C13H17N5O/c1-10-15-12(17-11-4-3-5-14-9-11)8-13(16-10)18(2)6-7-19/h3-5,8-9,19H,6-7H2,1-2H3,(H,15,16,17). The second-order valence-electron chi connectivity index (χ2n) is 4.17. The molecule has 100 valence electrons. The first kappa shape index (κ1) is 13.2. The van der Waals surface area contributed by atoms with E-state index in [0.717, 1.165) is 11.5 Å². The van der Waals surface area contributed by atoms with Gasteiger partial charge in [-0.05, 0) is 19.1 Å². The molecule has 6 nitrogen and oxygen atoms in total. The number of nitrogens with zero attached hydrogens (tertiary/aromatic N) is 4. The quantitative estimate of drug-likeness (QED) is 0.844. The van der Waals surface area contributed by atoms with Crippen molar-refractivity contribution in [2.24, 2.45) is 0 Å². The Hall–Kier alpha value is -2.21. The molecule has 0 spiro atoms. The highest BCUT2D eigenvalue weighted by Crippen LogP contribution is 2.18. The van der Waals surface area contributed by atoms with Crippen molar-refractivity contribution < 1.29 is 5.11 Å². The Balaban J connectivity index is 2.21. The Kier molecular flexibility index (Phi) is 4.25. The second kappa shape index (κ2) is 6.10. The smallest absolute Gasteiger partial charge is 0.136 e. The fourth-order valence-corrected chi connectivity index (χ4v) is 1.66. The summed E-state index contributed by atoms with van der Waals surface area (Å²) >= 11 is 0. The highest BCUT2D eigenvalue weighted by Gasteiger charge is 2.06. The first-order valence-electron chi connectivity index (χ1n) is 6.04. The lowest BCUT2D eigenvalue weighted by Crippen LogP contribution is -2.22. The number of hydrogen-bond donors (Lipinski definition) is 2. The molecule has 2 N–H and O–H groups in total. The molecule has 0 aliphatic rings. The van der Waals surface area contributed by atoms with E-state index in [9.17, 15) is 0 Å². The molecule has 0 saturated carbocycles. The summed E-state index contributed by atoms with van der Waals surface area (Å²) in [6.45, 7) is 2.46. The number of aliphatic hydroxyl groups is 1. The molecule has 2 aromatic rings. The Bertz CT molecular complexity index is 532. The fraction of sp³-hybridized carbons (Fsp3) is 0.308. The van der Waals surface area contributed by atoms with Crippen molar-refractivity contribution in [1.29, 1.82) is 0 Å². The van der Waals surface area contributed by atoms with E-state index in [1.165, 1.54) is 0 Å². The van der Waals surface area contributed by atoms with E-state index in [4.69, 9.17) is 5.11 Å². The molecule has 0 saturated heterocycles. The minimum Gasteiger partial charge on any atom is -0.395 e. The molecule has 2 aromatic heterocycles. The molecule has 0 atom stereocenters. The molecular formula is C13H17N5O. The third-order valence-corrected chi connectivity index (χ3v) is 2.58. The third kappa shape index (κ3) is 3.62. The largest absolute Gasteiger partial charge is 0.395 e. The summed E-state index contributed by atoms with van der Waals surface area (Å²) in [6.07, 6.45) is 3.45. The molecule has 2 rings (SSSR count). The van der Waals surface area contributed by atoms with Crippen molar-refractivity contribution in [3.05, 3.63) is 36.4 Å². The van der Waals surface area contributed by atoms with Crippen LogP contribution in [0.2, 0.25) is 0 Å². The van der Waals surface area contributed by atoms with Gasteiger partial charge in [0.1, 0.15) is 17.5 Å². The van der Waals surface area contributed by atoms with Crippen LogP contribution in [-0.4, -0.2) is 40.3 Å². The van der Waals surface area contributed by atoms with Crippen molar-refractivity contribution >= 4 is 17.3 Å². The van der Waals surface area contributed by atoms with E-state index in [2.05, 4.69) is 20.3 Å². The summed E-state index contributed by atoms with van der Waals surface area (Å²) in [5.74, 6) is 2.15. The maximum atomic E-state index is 8.96. The molecule has 19 heavy (non-hydrogen) atoms. The van der Waals surface area contributed by atoms with Gasteiger partial charge in [-0.1, -0.05) is 0 Å². The topological polar surface area (TPSA) is 74.2 Å². The van der Waals surface area contributed by atoms with Crippen LogP contribution in [0.5, 0.6) is 0 Å². The van der Waals surface area contributed by atoms with Gasteiger partial charge in [-0.3, -0.25) is 4.98 Å². The molecule has 6 heteroatoms. The van der Waals surface area contributed by atoms with E-state index in [1.54, 1.807) is 12.4 Å². The Morgan fingerprint density at radius 3 is 2.89 bits per heavy atom. The Morgan fingerprint density at radius 2 is 2.21 bits per heavy atom. The molecule has 0 unspecified atom stereocenters. The molecule has 0 aliphatic heterocycles. The molecule has 2 heterocycles. The minimum absolute atomic E-state index is 0.0882. The van der Waals surface area contributed by atoms with E-state index < -0.39 is 0 Å². The zero-order chi connectivity index (χ0) is 13.7. The van der Waals surface area contributed by atoms with Crippen LogP contribution in [0.1, 0.15) is 5.82 Å². The summed E-state index contributed by atoms with van der Waals surface area (Å²) in [7, 11) is 1.88. The summed E-state index contributed by atoms with van der Waals surface area (Å²) < 4.78 is 0. The van der Waals surface area contributed by atoms with E-state index in [1.807, 2.05) is 37.1 Å². The van der Waals surface area contributed by atoms with Crippen molar-refractivity contribution in [2.45, 2.75) is 6.92 Å². The molecular weight excluding hydrogens is 242 g/mol. The fourth-order valence-electron chi connectivity index (χ4n) is 1.66. The van der Waals surface area contributed by atoms with Crippen molar-refractivity contribution in [1.82, 2.24) is 15.0 Å². The van der Waals surface area contributed by atoms with Crippen LogP contribution in [0.15, 0.2) is 30.6 Å². The predicted octanol–water partition coefficient (Wildman–Crippen LogP) is 1.35. The van der Waals surface area contributed by atoms with E-state index in [-0.39, 0.29) is 6.61 Å². The van der Waals surface area contributed by atoms with Gasteiger partial charge in [0.05, 0.1) is 18.5 Å². The summed E-state index contributed by atoms with van der Waals surface area (Å²) in [4.78, 5) is 14.6. The number of aliphatic hydroxyl groups excluding tert-OH is 1. The lowest BCUT2D eigenvalue weighted by molar-refractivity contribution is 0.304. The number of aryl methyl sites for hydroxylation is 1. The zero-order valence-electron chi connectivity index (χ0n) is 11.0. The summed E-state index contributed by atoms with van der Waals surface area (Å²) in [5.41, 5.74) is 0.872. The molecule has 0 fully saturated rings. The van der Waals surface area contributed by atoms with Gasteiger partial charge in [-0.2, -0.15) is 0 Å². The van der Waals surface area contributed by atoms with Gasteiger partial charge in [0.15, 0.2) is 0 Å². The highest BCUT2D eigenvalue weighted by atomic mass is 16.3. The lowest BCUT2D eigenvalue weighted by Gasteiger charge is -2.18. The van der Waals surface area contributed by atoms with Crippen molar-refractivity contribution in [3.8, 4) is 0 Å². The maximum absolute atomic E-state index is 8.96. The monoisotopic (exact) mass is 259 g/mol. The number of rotatable bonds is 5. The van der Waals surface area contributed by atoms with Crippen molar-refractivity contribution in [2.75, 3.05) is 30.4 Å². The molecule has 0 aromatic carbocycles. The zero-order valence-corrected chi connectivity index (χ0v) is 11.0. The number of pyridine rings is 1. The van der Waals surface area contributed by atoms with Crippen LogP contribution in [-0.2, 0) is 0 Å². The highest BCUT2D eigenvalue weighted by molar-refractivity contribution is 5.58. The van der Waals surface area contributed by atoms with Crippen molar-refractivity contribution in [3.63, 3.8) is 0 Å². The van der Waals surface area contributed by atoms with Gasteiger partial charge >= 0.3 is 0 Å². The normalized spacial score (nSPS) is 10.3. The van der Waals surface area contributed by atoms with Gasteiger partial charge in [-0.25, -0.2) is 9.97 Å². The SMILES string of the molecule is Cc1nc(Nc2cccnc2)cc(N(C)CCO)n1. The minimum atomic E-state index is 0.0882. The predicted molar refractivity (Wildman–Crippen MR) is 74.6 cm³/mol. The van der Waals surface area contributed by atoms with Crippen LogP contribution in [0, 0.1) is 6.92 Å². The van der Waals surface area contributed by atoms with E-state index >= 15 is 0 Å². The van der Waals surface area contributed by atoms with Gasteiger partial charge in [0.25, 0.3) is 0 Å². The van der Waals surface area contributed by atoms with Gasteiger partial charge in [-0.15, -0.1) is 0 Å². The second-order valence-corrected chi connectivity index (χ2v) is 4.17. The van der Waals surface area contributed by atoms with E-state index in [0.29, 0.717) is 18.2 Å². The number of likely N-dealkylation sites (N-methyl/N-ethyl adjacent to an activating group) is 1. The third-order valence-electron chi connectivity index (χ3n) is 2.58.